The van der Waals surface area contributed by atoms with Crippen LogP contribution >= 0.6 is 0 Å². The first-order chi connectivity index (χ1) is 13.6. The topological polar surface area (TPSA) is 89.0 Å². The zero-order valence-electron chi connectivity index (χ0n) is 15.5. The van der Waals surface area contributed by atoms with Gasteiger partial charge in [0.15, 0.2) is 0 Å². The van der Waals surface area contributed by atoms with Crippen LogP contribution in [-0.4, -0.2) is 65.5 Å². The molecule has 1 fully saturated rings. The van der Waals surface area contributed by atoms with E-state index in [4.69, 9.17) is 9.47 Å². The van der Waals surface area contributed by atoms with E-state index in [1.807, 2.05) is 0 Å². The number of aromatic nitrogens is 1. The first-order valence-corrected chi connectivity index (χ1v) is 9.02. The summed E-state index contributed by atoms with van der Waals surface area (Å²) in [6.45, 7) is 3.70. The standard InChI is InChI=1S/C20H21N3O5/c1-2-27-20(26)28-16-8-6-15(7-9-16)18(24)22-11-13-23(14-12-22)19(25)17-5-3-4-10-21-17/h3-10H,2,11-14H2,1H3. The molecule has 0 spiro atoms. The molecule has 28 heavy (non-hydrogen) atoms. The molecule has 0 unspecified atom stereocenters. The van der Waals surface area contributed by atoms with Gasteiger partial charge in [0, 0.05) is 37.9 Å². The van der Waals surface area contributed by atoms with Crippen LogP contribution in [0.25, 0.3) is 0 Å². The number of carbonyl (C=O) groups is 3. The minimum atomic E-state index is -0.782. The molecular formula is C20H21N3O5. The summed E-state index contributed by atoms with van der Waals surface area (Å²) in [4.78, 5) is 43.9. The van der Waals surface area contributed by atoms with Crippen molar-refractivity contribution >= 4 is 18.0 Å². The highest BCUT2D eigenvalue weighted by atomic mass is 16.7. The van der Waals surface area contributed by atoms with Gasteiger partial charge in [-0.25, -0.2) is 4.79 Å². The van der Waals surface area contributed by atoms with E-state index in [2.05, 4.69) is 4.98 Å². The predicted molar refractivity (Wildman–Crippen MR) is 100 cm³/mol. The molecule has 3 rings (SSSR count). The summed E-state index contributed by atoms with van der Waals surface area (Å²) in [7, 11) is 0. The highest BCUT2D eigenvalue weighted by Gasteiger charge is 2.26. The first-order valence-electron chi connectivity index (χ1n) is 9.02. The van der Waals surface area contributed by atoms with Crippen molar-refractivity contribution in [2.45, 2.75) is 6.92 Å². The molecule has 0 radical (unpaired) electrons. The summed E-state index contributed by atoms with van der Waals surface area (Å²) in [5, 5.41) is 0. The van der Waals surface area contributed by atoms with Crippen LogP contribution in [0.2, 0.25) is 0 Å². The number of amides is 2. The Kier molecular flexibility index (Phi) is 6.21. The van der Waals surface area contributed by atoms with Crippen molar-refractivity contribution in [3.05, 3.63) is 59.9 Å². The Labute approximate surface area is 162 Å². The molecule has 0 bridgehead atoms. The average molecular weight is 383 g/mol. The fourth-order valence-corrected chi connectivity index (χ4v) is 2.86. The van der Waals surface area contributed by atoms with Crippen LogP contribution in [-0.2, 0) is 4.74 Å². The van der Waals surface area contributed by atoms with E-state index < -0.39 is 6.16 Å². The lowest BCUT2D eigenvalue weighted by atomic mass is 10.1. The van der Waals surface area contributed by atoms with Crippen LogP contribution < -0.4 is 4.74 Å². The minimum absolute atomic E-state index is 0.131. The van der Waals surface area contributed by atoms with Crippen molar-refractivity contribution in [1.29, 1.82) is 0 Å². The van der Waals surface area contributed by atoms with Gasteiger partial charge in [0.05, 0.1) is 6.61 Å². The van der Waals surface area contributed by atoms with Crippen LogP contribution in [0, 0.1) is 0 Å². The lowest BCUT2D eigenvalue weighted by Crippen LogP contribution is -2.50. The van der Waals surface area contributed by atoms with E-state index in [9.17, 15) is 14.4 Å². The number of piperazine rings is 1. The van der Waals surface area contributed by atoms with Crippen LogP contribution in [0.5, 0.6) is 5.75 Å². The molecule has 8 nitrogen and oxygen atoms in total. The lowest BCUT2D eigenvalue weighted by Gasteiger charge is -2.34. The third-order valence-electron chi connectivity index (χ3n) is 4.30. The van der Waals surface area contributed by atoms with E-state index in [0.717, 1.165) is 0 Å². The molecule has 0 atom stereocenters. The van der Waals surface area contributed by atoms with Gasteiger partial charge in [-0.15, -0.1) is 0 Å². The summed E-state index contributed by atoms with van der Waals surface area (Å²) in [6.07, 6.45) is 0.803. The molecule has 1 aromatic heterocycles. The first kappa shape index (κ1) is 19.3. The van der Waals surface area contributed by atoms with Gasteiger partial charge in [-0.2, -0.15) is 0 Å². The molecule has 1 aromatic carbocycles. The second kappa shape index (κ2) is 8.98. The maximum atomic E-state index is 12.7. The van der Waals surface area contributed by atoms with E-state index in [1.165, 1.54) is 0 Å². The highest BCUT2D eigenvalue weighted by Crippen LogP contribution is 2.16. The Bertz CT molecular complexity index is 831. The molecule has 0 aliphatic carbocycles. The van der Waals surface area contributed by atoms with E-state index in [-0.39, 0.29) is 18.4 Å². The monoisotopic (exact) mass is 383 g/mol. The maximum Gasteiger partial charge on any atom is 0.513 e. The molecule has 2 aromatic rings. The fraction of sp³-hybridized carbons (Fsp3) is 0.300. The fourth-order valence-electron chi connectivity index (χ4n) is 2.86. The largest absolute Gasteiger partial charge is 0.513 e. The molecule has 0 N–H and O–H groups in total. The van der Waals surface area contributed by atoms with Gasteiger partial charge in [-0.3, -0.25) is 14.6 Å². The van der Waals surface area contributed by atoms with Crippen molar-refractivity contribution in [2.75, 3.05) is 32.8 Å². The van der Waals surface area contributed by atoms with Crippen molar-refractivity contribution in [3.63, 3.8) is 0 Å². The predicted octanol–water partition coefficient (Wildman–Crippen LogP) is 2.22. The minimum Gasteiger partial charge on any atom is -0.434 e. The summed E-state index contributed by atoms with van der Waals surface area (Å²) >= 11 is 0. The third kappa shape index (κ3) is 4.64. The SMILES string of the molecule is CCOC(=O)Oc1ccc(C(=O)N2CCN(C(=O)c3ccccn3)CC2)cc1. The van der Waals surface area contributed by atoms with Crippen molar-refractivity contribution in [3.8, 4) is 5.75 Å². The van der Waals surface area contributed by atoms with Crippen LogP contribution in [0.1, 0.15) is 27.8 Å². The van der Waals surface area contributed by atoms with Gasteiger partial charge in [0.2, 0.25) is 0 Å². The number of benzene rings is 1. The Hall–Kier alpha value is -3.42. The number of rotatable bonds is 4. The maximum absolute atomic E-state index is 12.7. The molecule has 1 aliphatic heterocycles. The van der Waals surface area contributed by atoms with Crippen LogP contribution in [0.3, 0.4) is 0 Å². The Morgan fingerprint density at radius 1 is 0.929 bits per heavy atom. The van der Waals surface area contributed by atoms with Crippen molar-refractivity contribution in [1.82, 2.24) is 14.8 Å². The van der Waals surface area contributed by atoms with Crippen molar-refractivity contribution in [2.24, 2.45) is 0 Å². The molecule has 146 valence electrons. The second-order valence-corrected chi connectivity index (χ2v) is 6.11. The molecule has 1 aliphatic rings. The van der Waals surface area contributed by atoms with Gasteiger partial charge in [0.1, 0.15) is 11.4 Å². The van der Waals surface area contributed by atoms with Crippen molar-refractivity contribution < 1.29 is 23.9 Å². The van der Waals surface area contributed by atoms with E-state index >= 15 is 0 Å². The number of pyridine rings is 1. The zero-order chi connectivity index (χ0) is 19.9. The van der Waals surface area contributed by atoms with E-state index in [1.54, 1.807) is 65.4 Å². The summed E-state index contributed by atoms with van der Waals surface area (Å²) in [5.41, 5.74) is 0.889. The number of ether oxygens (including phenoxy) is 2. The Morgan fingerprint density at radius 2 is 1.57 bits per heavy atom. The van der Waals surface area contributed by atoms with E-state index in [0.29, 0.717) is 43.2 Å². The normalized spacial score (nSPS) is 13.8. The second-order valence-electron chi connectivity index (χ2n) is 6.11. The van der Waals surface area contributed by atoms with Gasteiger partial charge < -0.3 is 19.3 Å². The molecular weight excluding hydrogens is 362 g/mol. The molecule has 2 amide bonds. The number of carbonyl (C=O) groups excluding carboxylic acids is 3. The average Bonchev–Trinajstić information content (AvgIpc) is 2.74. The number of hydrogen-bond donors (Lipinski definition) is 0. The molecule has 2 heterocycles. The third-order valence-corrected chi connectivity index (χ3v) is 4.30. The highest BCUT2D eigenvalue weighted by molar-refractivity contribution is 5.95. The zero-order valence-corrected chi connectivity index (χ0v) is 15.5. The summed E-state index contributed by atoms with van der Waals surface area (Å²) in [5.74, 6) is 0.0431. The Balaban J connectivity index is 1.55. The Morgan fingerprint density at radius 3 is 2.14 bits per heavy atom. The van der Waals surface area contributed by atoms with Crippen LogP contribution in [0.15, 0.2) is 48.7 Å². The summed E-state index contributed by atoms with van der Waals surface area (Å²) in [6, 6.07) is 11.5. The quantitative estimate of drug-likeness (QED) is 0.594. The molecule has 8 heteroatoms. The van der Waals surface area contributed by atoms with Gasteiger partial charge in [-0.05, 0) is 43.3 Å². The summed E-state index contributed by atoms with van der Waals surface area (Å²) < 4.78 is 9.69. The number of nitrogens with zero attached hydrogens (tertiary/aromatic N) is 3. The number of hydrogen-bond acceptors (Lipinski definition) is 6. The van der Waals surface area contributed by atoms with Gasteiger partial charge >= 0.3 is 6.16 Å². The van der Waals surface area contributed by atoms with Crippen LogP contribution in [0.4, 0.5) is 4.79 Å². The molecule has 1 saturated heterocycles. The van der Waals surface area contributed by atoms with Gasteiger partial charge in [0.25, 0.3) is 11.8 Å². The lowest BCUT2D eigenvalue weighted by molar-refractivity contribution is 0.0532. The van der Waals surface area contributed by atoms with Gasteiger partial charge in [-0.1, -0.05) is 6.07 Å². The smallest absolute Gasteiger partial charge is 0.434 e. The molecule has 0 saturated carbocycles.